The Morgan fingerprint density at radius 2 is 1.69 bits per heavy atom. The highest BCUT2D eigenvalue weighted by Gasteiger charge is 2.14. The van der Waals surface area contributed by atoms with E-state index in [0.717, 1.165) is 0 Å². The predicted molar refractivity (Wildman–Crippen MR) is 55.5 cm³/mol. The molecular formula is C8H8Cl3NO. The van der Waals surface area contributed by atoms with Crippen molar-refractivity contribution in [3.8, 4) is 0 Å². The quantitative estimate of drug-likeness (QED) is 0.835. The van der Waals surface area contributed by atoms with E-state index < -0.39 is 6.10 Å². The molecule has 0 aliphatic heterocycles. The molecule has 1 aromatic rings. The lowest BCUT2D eigenvalue weighted by Gasteiger charge is -2.12. The van der Waals surface area contributed by atoms with Gasteiger partial charge in [0, 0.05) is 27.2 Å². The topological polar surface area (TPSA) is 46.2 Å². The summed E-state index contributed by atoms with van der Waals surface area (Å²) in [4.78, 5) is 0. The molecule has 0 saturated heterocycles. The Labute approximate surface area is 91.2 Å². The van der Waals surface area contributed by atoms with Crippen molar-refractivity contribution in [1.82, 2.24) is 0 Å². The first-order valence-corrected chi connectivity index (χ1v) is 4.72. The van der Waals surface area contributed by atoms with Crippen molar-refractivity contribution in [2.75, 3.05) is 6.54 Å². The highest BCUT2D eigenvalue weighted by atomic mass is 35.5. The van der Waals surface area contributed by atoms with E-state index in [-0.39, 0.29) is 6.54 Å². The van der Waals surface area contributed by atoms with E-state index in [0.29, 0.717) is 20.6 Å². The lowest BCUT2D eigenvalue weighted by molar-refractivity contribution is 0.187. The van der Waals surface area contributed by atoms with Gasteiger partial charge < -0.3 is 10.8 Å². The van der Waals surface area contributed by atoms with Gasteiger partial charge in [-0.2, -0.15) is 0 Å². The Kier molecular flexibility index (Phi) is 3.83. The molecule has 0 spiro atoms. The molecule has 0 heterocycles. The first kappa shape index (κ1) is 11.1. The molecule has 0 aliphatic rings. The van der Waals surface area contributed by atoms with Crippen LogP contribution in [0.4, 0.5) is 0 Å². The van der Waals surface area contributed by atoms with Crippen molar-refractivity contribution >= 4 is 34.8 Å². The van der Waals surface area contributed by atoms with E-state index in [2.05, 4.69) is 0 Å². The summed E-state index contributed by atoms with van der Waals surface area (Å²) in [5.74, 6) is 0. The normalized spacial score (nSPS) is 13.0. The molecule has 72 valence electrons. The number of benzene rings is 1. The standard InChI is InChI=1S/C8H8Cl3NO/c9-4-1-5(10)8(6(11)2-4)7(13)3-12/h1-2,7,13H,3,12H2/t7-/m1/s1. The first-order valence-electron chi connectivity index (χ1n) is 3.59. The summed E-state index contributed by atoms with van der Waals surface area (Å²) in [6, 6.07) is 3.03. The van der Waals surface area contributed by atoms with E-state index >= 15 is 0 Å². The van der Waals surface area contributed by atoms with Crippen molar-refractivity contribution in [3.05, 3.63) is 32.8 Å². The van der Waals surface area contributed by atoms with Gasteiger partial charge in [-0.1, -0.05) is 34.8 Å². The molecule has 1 aromatic carbocycles. The van der Waals surface area contributed by atoms with Gasteiger partial charge in [0.15, 0.2) is 0 Å². The molecule has 0 fully saturated rings. The molecule has 1 rings (SSSR count). The van der Waals surface area contributed by atoms with Crippen molar-refractivity contribution in [2.45, 2.75) is 6.10 Å². The molecule has 13 heavy (non-hydrogen) atoms. The SMILES string of the molecule is NC[C@@H](O)c1c(Cl)cc(Cl)cc1Cl. The Hall–Kier alpha value is 0.01000. The van der Waals surface area contributed by atoms with Gasteiger partial charge in [0.2, 0.25) is 0 Å². The number of hydrogen-bond donors (Lipinski definition) is 2. The van der Waals surface area contributed by atoms with Crippen molar-refractivity contribution in [1.29, 1.82) is 0 Å². The third-order valence-corrected chi connectivity index (χ3v) is 2.44. The molecule has 0 unspecified atom stereocenters. The number of hydrogen-bond acceptors (Lipinski definition) is 2. The van der Waals surface area contributed by atoms with Crippen molar-refractivity contribution in [3.63, 3.8) is 0 Å². The number of rotatable bonds is 2. The summed E-state index contributed by atoms with van der Waals surface area (Å²) < 4.78 is 0. The molecular weight excluding hydrogens is 232 g/mol. The Bertz CT molecular complexity index is 293. The summed E-state index contributed by atoms with van der Waals surface area (Å²) in [6.45, 7) is 0.0705. The second kappa shape index (κ2) is 4.49. The maximum atomic E-state index is 9.44. The van der Waals surface area contributed by atoms with E-state index in [9.17, 15) is 5.11 Å². The monoisotopic (exact) mass is 239 g/mol. The fourth-order valence-electron chi connectivity index (χ4n) is 0.990. The van der Waals surface area contributed by atoms with Gasteiger partial charge in [-0.3, -0.25) is 0 Å². The van der Waals surface area contributed by atoms with Crippen LogP contribution >= 0.6 is 34.8 Å². The van der Waals surface area contributed by atoms with Crippen LogP contribution in [-0.4, -0.2) is 11.7 Å². The number of halogens is 3. The molecule has 2 nitrogen and oxygen atoms in total. The van der Waals surface area contributed by atoms with Crippen LogP contribution in [0.1, 0.15) is 11.7 Å². The fourth-order valence-corrected chi connectivity index (χ4v) is 2.06. The van der Waals surface area contributed by atoms with E-state index in [1.165, 1.54) is 12.1 Å². The third-order valence-electron chi connectivity index (χ3n) is 1.60. The van der Waals surface area contributed by atoms with Gasteiger partial charge in [-0.25, -0.2) is 0 Å². The summed E-state index contributed by atoms with van der Waals surface area (Å²) in [7, 11) is 0. The Balaban J connectivity index is 3.20. The second-order valence-corrected chi connectivity index (χ2v) is 3.79. The van der Waals surface area contributed by atoms with Gasteiger partial charge in [0.05, 0.1) is 6.10 Å². The molecule has 0 aromatic heterocycles. The third kappa shape index (κ3) is 2.48. The molecule has 0 amide bonds. The molecule has 3 N–H and O–H groups in total. The van der Waals surface area contributed by atoms with E-state index in [1.54, 1.807) is 0 Å². The van der Waals surface area contributed by atoms with Crippen LogP contribution in [0, 0.1) is 0 Å². The van der Waals surface area contributed by atoms with Gasteiger partial charge in [-0.05, 0) is 12.1 Å². The highest BCUT2D eigenvalue weighted by molar-refractivity contribution is 6.39. The zero-order valence-electron chi connectivity index (χ0n) is 6.60. The van der Waals surface area contributed by atoms with Gasteiger partial charge in [0.1, 0.15) is 0 Å². The number of aliphatic hydroxyl groups is 1. The Morgan fingerprint density at radius 1 is 1.23 bits per heavy atom. The van der Waals surface area contributed by atoms with Crippen LogP contribution in [0.25, 0.3) is 0 Å². The van der Waals surface area contributed by atoms with E-state index in [1.807, 2.05) is 0 Å². The molecule has 1 atom stereocenters. The molecule has 0 aliphatic carbocycles. The van der Waals surface area contributed by atoms with Gasteiger partial charge in [-0.15, -0.1) is 0 Å². The maximum absolute atomic E-state index is 9.44. The first-order chi connectivity index (χ1) is 6.06. The van der Waals surface area contributed by atoms with Gasteiger partial charge in [0.25, 0.3) is 0 Å². The molecule has 0 radical (unpaired) electrons. The van der Waals surface area contributed by atoms with Gasteiger partial charge >= 0.3 is 0 Å². The smallest absolute Gasteiger partial charge is 0.0941 e. The average Bonchev–Trinajstić information content (AvgIpc) is 2.02. The van der Waals surface area contributed by atoms with Crippen LogP contribution < -0.4 is 5.73 Å². The van der Waals surface area contributed by atoms with Crippen LogP contribution in [0.3, 0.4) is 0 Å². The van der Waals surface area contributed by atoms with E-state index in [4.69, 9.17) is 40.5 Å². The van der Waals surface area contributed by atoms with Crippen LogP contribution in [0.15, 0.2) is 12.1 Å². The lowest BCUT2D eigenvalue weighted by Crippen LogP contribution is -2.12. The summed E-state index contributed by atoms with van der Waals surface area (Å²) in [6.07, 6.45) is -0.850. The number of nitrogens with two attached hydrogens (primary N) is 1. The highest BCUT2D eigenvalue weighted by Crippen LogP contribution is 2.32. The van der Waals surface area contributed by atoms with Crippen molar-refractivity contribution < 1.29 is 5.11 Å². The van der Waals surface area contributed by atoms with Crippen molar-refractivity contribution in [2.24, 2.45) is 5.73 Å². The average molecular weight is 241 g/mol. The van der Waals surface area contributed by atoms with Crippen LogP contribution in [0.5, 0.6) is 0 Å². The molecule has 0 saturated carbocycles. The predicted octanol–water partition coefficient (Wildman–Crippen LogP) is 2.64. The number of aliphatic hydroxyl groups excluding tert-OH is 1. The second-order valence-electron chi connectivity index (χ2n) is 2.53. The zero-order chi connectivity index (χ0) is 10.0. The zero-order valence-corrected chi connectivity index (χ0v) is 8.87. The largest absolute Gasteiger partial charge is 0.387 e. The fraction of sp³-hybridized carbons (Fsp3) is 0.250. The summed E-state index contributed by atoms with van der Waals surface area (Å²) in [5, 5.41) is 10.5. The summed E-state index contributed by atoms with van der Waals surface area (Å²) >= 11 is 17.3. The molecule has 5 heteroatoms. The molecule has 0 bridgehead atoms. The van der Waals surface area contributed by atoms with Crippen LogP contribution in [0.2, 0.25) is 15.1 Å². The maximum Gasteiger partial charge on any atom is 0.0941 e. The Morgan fingerprint density at radius 3 is 2.08 bits per heavy atom. The minimum absolute atomic E-state index is 0.0705. The lowest BCUT2D eigenvalue weighted by atomic mass is 10.1. The minimum atomic E-state index is -0.850. The van der Waals surface area contributed by atoms with Crippen LogP contribution in [-0.2, 0) is 0 Å². The minimum Gasteiger partial charge on any atom is -0.387 e. The summed E-state index contributed by atoms with van der Waals surface area (Å²) in [5.41, 5.74) is 5.71.